The molecule has 1 atom stereocenters. The minimum atomic E-state index is -0.232. The van der Waals surface area contributed by atoms with Crippen LogP contribution in [0.3, 0.4) is 0 Å². The summed E-state index contributed by atoms with van der Waals surface area (Å²) in [7, 11) is 0. The Labute approximate surface area is 159 Å². The smallest absolute Gasteiger partial charge is 0.123 e. The highest BCUT2D eigenvalue weighted by Gasteiger charge is 2.18. The van der Waals surface area contributed by atoms with Crippen LogP contribution in [-0.4, -0.2) is 32.4 Å². The molecule has 0 aliphatic rings. The number of benzene rings is 2. The lowest BCUT2D eigenvalue weighted by molar-refractivity contribution is 0.106. The summed E-state index contributed by atoms with van der Waals surface area (Å²) in [5.41, 5.74) is 3.45. The van der Waals surface area contributed by atoms with Crippen LogP contribution in [0.5, 0.6) is 0 Å². The third-order valence-electron chi connectivity index (χ3n) is 4.88. The summed E-state index contributed by atoms with van der Waals surface area (Å²) < 4.78 is 15.1. The van der Waals surface area contributed by atoms with Gasteiger partial charge in [0.05, 0.1) is 13.2 Å². The number of aliphatic hydroxyl groups excluding tert-OH is 1. The fourth-order valence-corrected chi connectivity index (χ4v) is 3.29. The average Bonchev–Trinajstić information content (AvgIpc) is 3.19. The van der Waals surface area contributed by atoms with Crippen LogP contribution in [0.15, 0.2) is 67.0 Å². The van der Waals surface area contributed by atoms with E-state index in [-0.39, 0.29) is 18.5 Å². The molecular formula is C22H26FN3O. The Kier molecular flexibility index (Phi) is 6.74. The third-order valence-corrected chi connectivity index (χ3v) is 4.88. The SMILES string of the molecule is CCC(CO)N(Cc1ccc(F)cc1)Cc1ccccc1Cn1cccn1. The van der Waals surface area contributed by atoms with Gasteiger partial charge in [-0.05, 0) is 41.3 Å². The molecule has 0 amide bonds. The summed E-state index contributed by atoms with van der Waals surface area (Å²) in [6.45, 7) is 4.26. The summed E-state index contributed by atoms with van der Waals surface area (Å²) in [6, 6.07) is 16.9. The molecule has 0 fully saturated rings. The van der Waals surface area contributed by atoms with Gasteiger partial charge in [0.15, 0.2) is 0 Å². The Morgan fingerprint density at radius 3 is 2.41 bits per heavy atom. The lowest BCUT2D eigenvalue weighted by Gasteiger charge is -2.30. The molecule has 27 heavy (non-hydrogen) atoms. The number of aromatic nitrogens is 2. The largest absolute Gasteiger partial charge is 0.395 e. The quantitative estimate of drug-likeness (QED) is 0.625. The second-order valence-corrected chi connectivity index (χ2v) is 6.75. The van der Waals surface area contributed by atoms with Crippen LogP contribution in [0, 0.1) is 5.82 Å². The van der Waals surface area contributed by atoms with Crippen molar-refractivity contribution >= 4 is 0 Å². The zero-order valence-electron chi connectivity index (χ0n) is 15.6. The fraction of sp³-hybridized carbons (Fsp3) is 0.318. The number of hydrogen-bond donors (Lipinski definition) is 1. The number of rotatable bonds is 9. The Hall–Kier alpha value is -2.50. The van der Waals surface area contributed by atoms with Crippen LogP contribution in [0.1, 0.15) is 30.0 Å². The van der Waals surface area contributed by atoms with Crippen molar-refractivity contribution in [1.82, 2.24) is 14.7 Å². The highest BCUT2D eigenvalue weighted by Crippen LogP contribution is 2.19. The van der Waals surface area contributed by atoms with Crippen molar-refractivity contribution in [2.45, 2.75) is 39.0 Å². The van der Waals surface area contributed by atoms with Crippen LogP contribution in [0.2, 0.25) is 0 Å². The molecule has 3 aromatic rings. The van der Waals surface area contributed by atoms with Gasteiger partial charge in [-0.1, -0.05) is 43.3 Å². The van der Waals surface area contributed by atoms with Crippen LogP contribution < -0.4 is 0 Å². The van der Waals surface area contributed by atoms with E-state index in [1.807, 2.05) is 41.2 Å². The topological polar surface area (TPSA) is 41.3 Å². The second kappa shape index (κ2) is 9.44. The molecule has 142 valence electrons. The highest BCUT2D eigenvalue weighted by molar-refractivity contribution is 5.27. The second-order valence-electron chi connectivity index (χ2n) is 6.75. The van der Waals surface area contributed by atoms with E-state index < -0.39 is 0 Å². The van der Waals surface area contributed by atoms with E-state index in [1.54, 1.807) is 6.20 Å². The molecule has 2 aromatic carbocycles. The third kappa shape index (κ3) is 5.25. The van der Waals surface area contributed by atoms with E-state index in [0.717, 1.165) is 12.0 Å². The molecule has 3 rings (SSSR count). The first-order valence-electron chi connectivity index (χ1n) is 9.33. The van der Waals surface area contributed by atoms with Crippen molar-refractivity contribution in [3.8, 4) is 0 Å². The van der Waals surface area contributed by atoms with Gasteiger partial charge < -0.3 is 5.11 Å². The minimum Gasteiger partial charge on any atom is -0.395 e. The van der Waals surface area contributed by atoms with Crippen LogP contribution in [0.4, 0.5) is 4.39 Å². The number of halogens is 1. The van der Waals surface area contributed by atoms with Crippen molar-refractivity contribution < 1.29 is 9.50 Å². The zero-order chi connectivity index (χ0) is 19.1. The molecule has 0 aliphatic heterocycles. The van der Waals surface area contributed by atoms with Gasteiger partial charge >= 0.3 is 0 Å². The minimum absolute atomic E-state index is 0.0489. The van der Waals surface area contributed by atoms with Crippen molar-refractivity contribution in [3.63, 3.8) is 0 Å². The Morgan fingerprint density at radius 2 is 1.78 bits per heavy atom. The van der Waals surface area contributed by atoms with Gasteiger partial charge in [-0.2, -0.15) is 5.10 Å². The van der Waals surface area contributed by atoms with E-state index in [2.05, 4.69) is 29.1 Å². The molecule has 0 bridgehead atoms. The van der Waals surface area contributed by atoms with E-state index in [4.69, 9.17) is 0 Å². The number of hydrogen-bond acceptors (Lipinski definition) is 3. The van der Waals surface area contributed by atoms with Crippen molar-refractivity contribution in [1.29, 1.82) is 0 Å². The Morgan fingerprint density at radius 1 is 1.04 bits per heavy atom. The van der Waals surface area contributed by atoms with E-state index in [0.29, 0.717) is 19.6 Å². The molecule has 4 nitrogen and oxygen atoms in total. The van der Waals surface area contributed by atoms with Crippen molar-refractivity contribution in [2.24, 2.45) is 0 Å². The first-order chi connectivity index (χ1) is 13.2. The molecule has 0 spiro atoms. The molecule has 1 unspecified atom stereocenters. The predicted molar refractivity (Wildman–Crippen MR) is 105 cm³/mol. The zero-order valence-corrected chi connectivity index (χ0v) is 15.6. The summed E-state index contributed by atoms with van der Waals surface area (Å²) in [4.78, 5) is 2.26. The summed E-state index contributed by atoms with van der Waals surface area (Å²) in [5.74, 6) is -0.232. The first-order valence-corrected chi connectivity index (χ1v) is 9.33. The predicted octanol–water partition coefficient (Wildman–Crippen LogP) is 3.84. The maximum absolute atomic E-state index is 13.2. The molecular weight excluding hydrogens is 341 g/mol. The normalized spacial score (nSPS) is 12.4. The highest BCUT2D eigenvalue weighted by atomic mass is 19.1. The maximum atomic E-state index is 13.2. The molecule has 1 N–H and O–H groups in total. The molecule has 5 heteroatoms. The van der Waals surface area contributed by atoms with Gasteiger partial charge in [0, 0.05) is 31.5 Å². The maximum Gasteiger partial charge on any atom is 0.123 e. The number of aliphatic hydroxyl groups is 1. The standard InChI is InChI=1S/C22H26FN3O/c1-2-22(17-27)25(14-18-8-10-21(23)11-9-18)15-19-6-3-4-7-20(19)16-26-13-5-12-24-26/h3-13,22,27H,2,14-17H2,1H3. The first kappa shape index (κ1) is 19.3. The fourth-order valence-electron chi connectivity index (χ4n) is 3.29. The lowest BCUT2D eigenvalue weighted by atomic mass is 10.0. The average molecular weight is 367 g/mol. The summed E-state index contributed by atoms with van der Waals surface area (Å²) >= 11 is 0. The molecule has 1 heterocycles. The van der Waals surface area contributed by atoms with Crippen LogP contribution in [-0.2, 0) is 19.6 Å². The Balaban J connectivity index is 1.82. The van der Waals surface area contributed by atoms with Gasteiger partial charge in [0.2, 0.25) is 0 Å². The van der Waals surface area contributed by atoms with Gasteiger partial charge in [-0.15, -0.1) is 0 Å². The molecule has 0 saturated heterocycles. The van der Waals surface area contributed by atoms with Gasteiger partial charge in [-0.3, -0.25) is 9.58 Å². The monoisotopic (exact) mass is 367 g/mol. The van der Waals surface area contributed by atoms with Gasteiger partial charge in [0.25, 0.3) is 0 Å². The molecule has 0 saturated carbocycles. The van der Waals surface area contributed by atoms with Crippen LogP contribution >= 0.6 is 0 Å². The lowest BCUT2D eigenvalue weighted by Crippen LogP contribution is -2.36. The van der Waals surface area contributed by atoms with E-state index in [1.165, 1.54) is 23.3 Å². The Bertz CT molecular complexity index is 814. The van der Waals surface area contributed by atoms with Crippen LogP contribution in [0.25, 0.3) is 0 Å². The van der Waals surface area contributed by atoms with Gasteiger partial charge in [-0.25, -0.2) is 4.39 Å². The van der Waals surface area contributed by atoms with Crippen molar-refractivity contribution in [3.05, 3.63) is 89.5 Å². The number of nitrogens with zero attached hydrogens (tertiary/aromatic N) is 3. The molecule has 0 radical (unpaired) electrons. The van der Waals surface area contributed by atoms with E-state index >= 15 is 0 Å². The summed E-state index contributed by atoms with van der Waals surface area (Å²) in [6.07, 6.45) is 4.58. The summed E-state index contributed by atoms with van der Waals surface area (Å²) in [5, 5.41) is 14.2. The van der Waals surface area contributed by atoms with Gasteiger partial charge in [0.1, 0.15) is 5.82 Å². The molecule has 0 aliphatic carbocycles. The van der Waals surface area contributed by atoms with E-state index in [9.17, 15) is 9.50 Å². The van der Waals surface area contributed by atoms with Crippen molar-refractivity contribution in [2.75, 3.05) is 6.61 Å². The molecule has 1 aromatic heterocycles.